The molecule has 0 unspecified atom stereocenters. The molecular formula is C75H47BN6O. The first-order valence-electron chi connectivity index (χ1n) is 28.2. The average Bonchev–Trinajstić information content (AvgIpc) is 3.80. The minimum atomic E-state index is -0.0101. The van der Waals surface area contributed by atoms with E-state index in [1.54, 1.807) is 0 Å². The molecule has 5 heterocycles. The van der Waals surface area contributed by atoms with Crippen molar-refractivity contribution >= 4 is 101 Å². The highest BCUT2D eigenvalue weighted by atomic mass is 16.3. The monoisotopic (exact) mass is 1060 g/mol. The summed E-state index contributed by atoms with van der Waals surface area (Å²) in [5.41, 5.74) is 22.7. The Morgan fingerprint density at radius 2 is 0.831 bits per heavy atom. The van der Waals surface area contributed by atoms with Gasteiger partial charge < -0.3 is 18.8 Å². The van der Waals surface area contributed by atoms with Crippen molar-refractivity contribution in [1.29, 1.82) is 0 Å². The first-order valence-corrected chi connectivity index (χ1v) is 28.2. The second-order valence-corrected chi connectivity index (χ2v) is 21.4. The summed E-state index contributed by atoms with van der Waals surface area (Å²) in [5, 5.41) is 4.40. The molecular weight excluding hydrogens is 1010 g/mol. The van der Waals surface area contributed by atoms with Crippen LogP contribution in [0.5, 0.6) is 0 Å². The molecule has 0 fully saturated rings. The lowest BCUT2D eigenvalue weighted by atomic mass is 9.33. The third-order valence-corrected chi connectivity index (χ3v) is 16.8. The van der Waals surface area contributed by atoms with Crippen molar-refractivity contribution in [3.63, 3.8) is 0 Å². The molecule has 386 valence electrons. The minimum absolute atomic E-state index is 0.0101. The predicted molar refractivity (Wildman–Crippen MR) is 343 cm³/mol. The number of furan rings is 1. The summed E-state index contributed by atoms with van der Waals surface area (Å²) in [6, 6.07) is 102. The van der Waals surface area contributed by atoms with E-state index in [1.165, 1.54) is 39.1 Å². The summed E-state index contributed by atoms with van der Waals surface area (Å²) in [5.74, 6) is 1.81. The van der Waals surface area contributed by atoms with Gasteiger partial charge in [-0.15, -0.1) is 0 Å². The molecule has 8 heteroatoms. The number of nitrogens with zero attached hydrogens (tertiary/aromatic N) is 6. The van der Waals surface area contributed by atoms with Gasteiger partial charge in [-0.2, -0.15) is 0 Å². The van der Waals surface area contributed by atoms with Gasteiger partial charge in [0.25, 0.3) is 6.71 Å². The third-order valence-electron chi connectivity index (χ3n) is 16.8. The van der Waals surface area contributed by atoms with Gasteiger partial charge in [-0.25, -0.2) is 15.0 Å². The maximum Gasteiger partial charge on any atom is 0.252 e. The molecule has 17 rings (SSSR count). The highest BCUT2D eigenvalue weighted by molar-refractivity contribution is 7.00. The first kappa shape index (κ1) is 46.8. The van der Waals surface area contributed by atoms with Crippen LogP contribution >= 0.6 is 0 Å². The molecule has 83 heavy (non-hydrogen) atoms. The Kier molecular flexibility index (Phi) is 10.6. The Morgan fingerprint density at radius 3 is 1.49 bits per heavy atom. The lowest BCUT2D eigenvalue weighted by molar-refractivity contribution is 0.673. The van der Waals surface area contributed by atoms with E-state index in [4.69, 9.17) is 19.4 Å². The summed E-state index contributed by atoms with van der Waals surface area (Å²) in [4.78, 5) is 20.5. The van der Waals surface area contributed by atoms with E-state index in [2.05, 4.69) is 257 Å². The van der Waals surface area contributed by atoms with Crippen LogP contribution in [0.4, 0.5) is 34.1 Å². The second kappa shape index (κ2) is 18.8. The van der Waals surface area contributed by atoms with Gasteiger partial charge in [0.05, 0.1) is 27.8 Å². The minimum Gasteiger partial charge on any atom is -0.455 e. The molecule has 0 bridgehead atoms. The van der Waals surface area contributed by atoms with Gasteiger partial charge in [0.15, 0.2) is 17.5 Å². The molecule has 0 saturated carbocycles. The molecule has 7 nitrogen and oxygen atoms in total. The van der Waals surface area contributed by atoms with E-state index in [0.29, 0.717) is 17.5 Å². The van der Waals surface area contributed by atoms with Crippen LogP contribution in [0, 0.1) is 0 Å². The fourth-order valence-corrected chi connectivity index (χ4v) is 13.2. The van der Waals surface area contributed by atoms with Crippen molar-refractivity contribution < 1.29 is 4.42 Å². The van der Waals surface area contributed by atoms with Gasteiger partial charge in [-0.05, 0) is 112 Å². The largest absolute Gasteiger partial charge is 0.455 e. The van der Waals surface area contributed by atoms with Crippen LogP contribution in [-0.4, -0.2) is 26.2 Å². The maximum atomic E-state index is 6.79. The molecule has 2 aliphatic rings. The van der Waals surface area contributed by atoms with Crippen LogP contribution in [-0.2, 0) is 0 Å². The van der Waals surface area contributed by atoms with E-state index in [9.17, 15) is 0 Å². The lowest BCUT2D eigenvalue weighted by Crippen LogP contribution is -2.61. The van der Waals surface area contributed by atoms with E-state index in [1.807, 2.05) is 42.5 Å². The van der Waals surface area contributed by atoms with Gasteiger partial charge >= 0.3 is 0 Å². The van der Waals surface area contributed by atoms with Crippen LogP contribution in [0.3, 0.4) is 0 Å². The zero-order valence-electron chi connectivity index (χ0n) is 44.8. The lowest BCUT2D eigenvalue weighted by Gasteiger charge is -2.45. The maximum absolute atomic E-state index is 6.79. The Hall–Kier alpha value is -11.1. The molecule has 15 aromatic rings. The molecule has 0 spiro atoms. The summed E-state index contributed by atoms with van der Waals surface area (Å²) < 4.78 is 9.19. The smallest absolute Gasteiger partial charge is 0.252 e. The van der Waals surface area contributed by atoms with Gasteiger partial charge in [-0.3, -0.25) is 0 Å². The van der Waals surface area contributed by atoms with Crippen molar-refractivity contribution in [3.8, 4) is 62.1 Å². The van der Waals surface area contributed by atoms with Crippen LogP contribution in [0.15, 0.2) is 290 Å². The quantitative estimate of drug-likeness (QED) is 0.141. The van der Waals surface area contributed by atoms with E-state index in [-0.39, 0.29) is 6.71 Å². The van der Waals surface area contributed by atoms with Crippen LogP contribution in [0.1, 0.15) is 0 Å². The zero-order chi connectivity index (χ0) is 54.5. The summed E-state index contributed by atoms with van der Waals surface area (Å²) in [6.45, 7) is -0.0101. The molecule has 0 saturated heterocycles. The second-order valence-electron chi connectivity index (χ2n) is 21.4. The standard InChI is InChI=1S/C75H47BN6O/c1-5-21-50(22-6-1)73-77-74(51-23-7-2-8-24-51)79-75(78-73)52-41-44-63(82-62-33-17-13-30-58(62)69-66(82)45-43-57-56-29-14-20-36-68(56)83-72(57)69)59(47-52)49-39-37-48(38-40-49)55-42-46-67-70-71(55)81(54-27-11-4-12-28-54)65-35-19-16-32-61(65)76(70)60-31-15-18-34-64(60)80(67)53-25-9-3-10-26-53/h1-47H. The number of fused-ring (bicyclic) bond motifs is 11. The van der Waals surface area contributed by atoms with Crippen molar-refractivity contribution in [1.82, 2.24) is 19.5 Å². The van der Waals surface area contributed by atoms with Crippen LogP contribution in [0.25, 0.3) is 106 Å². The molecule has 0 atom stereocenters. The SMILES string of the molecule is c1ccc(-c2nc(-c3ccccc3)nc(-c3ccc(-n4c5ccccc5c5c6oc7ccccc7c6ccc54)c(-c4ccc(-c5ccc6c7c5N(c5ccccc5)c5ccccc5B7c5ccccc5N6c5ccccc5)cc4)c3)n2)cc1. The van der Waals surface area contributed by atoms with Crippen LogP contribution in [0.2, 0.25) is 0 Å². The van der Waals surface area contributed by atoms with Gasteiger partial charge in [0, 0.05) is 72.4 Å². The normalized spacial score (nSPS) is 12.5. The molecule has 2 aliphatic heterocycles. The van der Waals surface area contributed by atoms with Crippen molar-refractivity contribution in [3.05, 3.63) is 285 Å². The van der Waals surface area contributed by atoms with Gasteiger partial charge in [0.2, 0.25) is 0 Å². The van der Waals surface area contributed by atoms with Gasteiger partial charge in [0.1, 0.15) is 11.2 Å². The number of hydrogen-bond acceptors (Lipinski definition) is 6. The van der Waals surface area contributed by atoms with E-state index < -0.39 is 0 Å². The van der Waals surface area contributed by atoms with Crippen LogP contribution < -0.4 is 26.2 Å². The molecule has 0 amide bonds. The van der Waals surface area contributed by atoms with Crippen molar-refractivity contribution in [2.45, 2.75) is 0 Å². The number of aromatic nitrogens is 4. The Bertz CT molecular complexity index is 4970. The highest BCUT2D eigenvalue weighted by Gasteiger charge is 2.44. The summed E-state index contributed by atoms with van der Waals surface area (Å²) in [7, 11) is 0. The highest BCUT2D eigenvalue weighted by Crippen LogP contribution is 2.49. The summed E-state index contributed by atoms with van der Waals surface area (Å²) in [6.07, 6.45) is 0. The molecule has 0 radical (unpaired) electrons. The number of para-hydroxylation sites is 6. The fourth-order valence-electron chi connectivity index (χ4n) is 13.2. The number of benzene rings is 12. The third kappa shape index (κ3) is 7.36. The number of hydrogen-bond donors (Lipinski definition) is 0. The zero-order valence-corrected chi connectivity index (χ0v) is 44.8. The Balaban J connectivity index is 0.897. The summed E-state index contributed by atoms with van der Waals surface area (Å²) >= 11 is 0. The fraction of sp³-hybridized carbons (Fsp3) is 0. The van der Waals surface area contributed by atoms with E-state index in [0.717, 1.165) is 99.8 Å². The first-order chi connectivity index (χ1) is 41.2. The Labute approximate surface area is 479 Å². The van der Waals surface area contributed by atoms with Crippen molar-refractivity contribution in [2.24, 2.45) is 0 Å². The molecule has 12 aromatic carbocycles. The number of anilines is 6. The number of rotatable bonds is 8. The molecule has 0 N–H and O–H groups in total. The van der Waals surface area contributed by atoms with E-state index >= 15 is 0 Å². The molecule has 0 aliphatic carbocycles. The average molecular weight is 1060 g/mol. The van der Waals surface area contributed by atoms with Gasteiger partial charge in [-0.1, -0.05) is 200 Å². The van der Waals surface area contributed by atoms with Crippen molar-refractivity contribution in [2.75, 3.05) is 9.80 Å². The predicted octanol–water partition coefficient (Wildman–Crippen LogP) is 17.3. The Morgan fingerprint density at radius 1 is 0.325 bits per heavy atom. The topological polar surface area (TPSA) is 63.2 Å². The molecule has 3 aromatic heterocycles.